The van der Waals surface area contributed by atoms with Crippen LogP contribution in [0.4, 0.5) is 22.1 Å². The van der Waals surface area contributed by atoms with E-state index in [4.69, 9.17) is 5.11 Å². The average Bonchev–Trinajstić information content (AvgIpc) is 2.60. The lowest BCUT2D eigenvalue weighted by atomic mass is 10.2. The molecule has 2 aromatic rings. The standard InChI is InChI=1S/C16H19BrN6O3/c1-10-8-22(16(25)26)3-4-23(10)14-7-18-13(6-19-14)20-12-5-11(17)9-21(2)15(12)24/h5-7,9-10H,3-4,8H2,1-2H3,(H,18,20)(H,25,26). The molecule has 1 atom stereocenters. The molecule has 1 fully saturated rings. The molecule has 3 heterocycles. The Labute approximate surface area is 158 Å². The van der Waals surface area contributed by atoms with Crippen molar-refractivity contribution in [1.29, 1.82) is 0 Å². The van der Waals surface area contributed by atoms with Crippen LogP contribution in [0, 0.1) is 0 Å². The maximum atomic E-state index is 12.1. The number of aromatic nitrogens is 3. The molecule has 10 heteroatoms. The van der Waals surface area contributed by atoms with Crippen LogP contribution in [0.15, 0.2) is 33.9 Å². The summed E-state index contributed by atoms with van der Waals surface area (Å²) in [6.45, 7) is 3.36. The van der Waals surface area contributed by atoms with Crippen molar-refractivity contribution in [3.63, 3.8) is 0 Å². The number of hydrogen-bond donors (Lipinski definition) is 2. The fourth-order valence-corrected chi connectivity index (χ4v) is 3.44. The number of rotatable bonds is 3. The summed E-state index contributed by atoms with van der Waals surface area (Å²) in [4.78, 5) is 35.4. The Kier molecular flexibility index (Phi) is 5.12. The largest absolute Gasteiger partial charge is 0.465 e. The van der Waals surface area contributed by atoms with Gasteiger partial charge in [0.1, 0.15) is 17.3 Å². The van der Waals surface area contributed by atoms with E-state index in [1.165, 1.54) is 9.47 Å². The number of amides is 1. The first-order valence-corrected chi connectivity index (χ1v) is 8.84. The number of anilines is 3. The van der Waals surface area contributed by atoms with Gasteiger partial charge in [-0.15, -0.1) is 0 Å². The van der Waals surface area contributed by atoms with Crippen molar-refractivity contribution in [3.8, 4) is 0 Å². The van der Waals surface area contributed by atoms with E-state index in [2.05, 4.69) is 31.2 Å². The Morgan fingerprint density at radius 2 is 2.12 bits per heavy atom. The summed E-state index contributed by atoms with van der Waals surface area (Å²) >= 11 is 3.36. The van der Waals surface area contributed by atoms with Crippen LogP contribution in [-0.2, 0) is 7.05 Å². The summed E-state index contributed by atoms with van der Waals surface area (Å²) in [7, 11) is 1.67. The van der Waals surface area contributed by atoms with Crippen LogP contribution in [0.1, 0.15) is 6.92 Å². The van der Waals surface area contributed by atoms with Gasteiger partial charge in [-0.1, -0.05) is 0 Å². The van der Waals surface area contributed by atoms with Crippen molar-refractivity contribution in [2.45, 2.75) is 13.0 Å². The van der Waals surface area contributed by atoms with Gasteiger partial charge in [0.25, 0.3) is 5.56 Å². The van der Waals surface area contributed by atoms with Crippen molar-refractivity contribution in [2.24, 2.45) is 7.05 Å². The molecule has 1 aliphatic heterocycles. The molecule has 0 spiro atoms. The molecule has 2 aromatic heterocycles. The zero-order valence-corrected chi connectivity index (χ0v) is 16.0. The van der Waals surface area contributed by atoms with Gasteiger partial charge in [0.2, 0.25) is 0 Å². The summed E-state index contributed by atoms with van der Waals surface area (Å²) in [6, 6.07) is 1.69. The van der Waals surface area contributed by atoms with E-state index < -0.39 is 6.09 Å². The van der Waals surface area contributed by atoms with Crippen LogP contribution in [0.5, 0.6) is 0 Å². The predicted octanol–water partition coefficient (Wildman–Crippen LogP) is 1.87. The Bertz CT molecular complexity index is 869. The van der Waals surface area contributed by atoms with Gasteiger partial charge < -0.3 is 24.8 Å². The zero-order valence-electron chi connectivity index (χ0n) is 14.4. The second-order valence-corrected chi connectivity index (χ2v) is 7.06. The van der Waals surface area contributed by atoms with Gasteiger partial charge in [0, 0.05) is 43.4 Å². The van der Waals surface area contributed by atoms with Crippen molar-refractivity contribution in [1.82, 2.24) is 19.4 Å². The van der Waals surface area contributed by atoms with E-state index >= 15 is 0 Å². The Morgan fingerprint density at radius 1 is 1.35 bits per heavy atom. The van der Waals surface area contributed by atoms with E-state index in [0.717, 1.165) is 4.47 Å². The Hall–Kier alpha value is -2.62. The Balaban J connectivity index is 1.73. The molecule has 1 aliphatic rings. The number of nitrogens with zero attached hydrogens (tertiary/aromatic N) is 5. The molecular weight excluding hydrogens is 404 g/mol. The van der Waals surface area contributed by atoms with E-state index in [9.17, 15) is 9.59 Å². The average molecular weight is 423 g/mol. The van der Waals surface area contributed by atoms with Gasteiger partial charge in [0.05, 0.1) is 12.4 Å². The molecule has 2 N–H and O–H groups in total. The lowest BCUT2D eigenvalue weighted by Crippen LogP contribution is -2.53. The minimum absolute atomic E-state index is 0.00494. The van der Waals surface area contributed by atoms with Gasteiger partial charge in [0.15, 0.2) is 0 Å². The molecule has 0 bridgehead atoms. The maximum Gasteiger partial charge on any atom is 0.407 e. The molecule has 138 valence electrons. The second-order valence-electron chi connectivity index (χ2n) is 6.14. The number of hydrogen-bond acceptors (Lipinski definition) is 6. The number of carboxylic acid groups (broad SMARTS) is 1. The van der Waals surface area contributed by atoms with Crippen molar-refractivity contribution < 1.29 is 9.90 Å². The molecule has 26 heavy (non-hydrogen) atoms. The zero-order chi connectivity index (χ0) is 18.8. The lowest BCUT2D eigenvalue weighted by molar-refractivity contribution is 0.136. The highest BCUT2D eigenvalue weighted by Gasteiger charge is 2.27. The summed E-state index contributed by atoms with van der Waals surface area (Å²) in [5.41, 5.74) is 0.227. The van der Waals surface area contributed by atoms with Gasteiger partial charge in [-0.3, -0.25) is 4.79 Å². The van der Waals surface area contributed by atoms with Crippen molar-refractivity contribution in [3.05, 3.63) is 39.5 Å². The first-order chi connectivity index (χ1) is 12.3. The van der Waals surface area contributed by atoms with Gasteiger partial charge in [-0.05, 0) is 28.9 Å². The van der Waals surface area contributed by atoms with Crippen LogP contribution >= 0.6 is 15.9 Å². The second kappa shape index (κ2) is 7.32. The molecular formula is C16H19BrN6O3. The smallest absolute Gasteiger partial charge is 0.407 e. The third kappa shape index (κ3) is 3.79. The minimum atomic E-state index is -0.905. The quantitative estimate of drug-likeness (QED) is 0.777. The SMILES string of the molecule is CC1CN(C(=O)O)CCN1c1cnc(Nc2cc(Br)cn(C)c2=O)cn1. The maximum absolute atomic E-state index is 12.1. The van der Waals surface area contributed by atoms with E-state index in [1.54, 1.807) is 31.7 Å². The predicted molar refractivity (Wildman–Crippen MR) is 101 cm³/mol. The highest BCUT2D eigenvalue weighted by Crippen LogP contribution is 2.20. The summed E-state index contributed by atoms with van der Waals surface area (Å²) in [5.74, 6) is 1.14. The summed E-state index contributed by atoms with van der Waals surface area (Å²) < 4.78 is 2.24. The minimum Gasteiger partial charge on any atom is -0.465 e. The molecule has 1 amide bonds. The highest BCUT2D eigenvalue weighted by molar-refractivity contribution is 9.10. The van der Waals surface area contributed by atoms with Crippen LogP contribution in [0.25, 0.3) is 0 Å². The first-order valence-electron chi connectivity index (χ1n) is 8.05. The Morgan fingerprint density at radius 3 is 2.73 bits per heavy atom. The lowest BCUT2D eigenvalue weighted by Gasteiger charge is -2.39. The molecule has 9 nitrogen and oxygen atoms in total. The normalized spacial score (nSPS) is 17.3. The van der Waals surface area contributed by atoms with E-state index in [-0.39, 0.29) is 11.6 Å². The third-order valence-corrected chi connectivity index (χ3v) is 4.68. The molecule has 3 rings (SSSR count). The third-order valence-electron chi connectivity index (χ3n) is 4.24. The van der Waals surface area contributed by atoms with E-state index in [1.807, 2.05) is 11.8 Å². The van der Waals surface area contributed by atoms with Crippen LogP contribution in [-0.4, -0.2) is 56.3 Å². The van der Waals surface area contributed by atoms with Gasteiger partial charge in [-0.25, -0.2) is 14.8 Å². The van der Waals surface area contributed by atoms with Crippen LogP contribution in [0.2, 0.25) is 0 Å². The number of piperazine rings is 1. The summed E-state index contributed by atoms with van der Waals surface area (Å²) in [6.07, 6.45) is 3.96. The molecule has 1 saturated heterocycles. The first kappa shape index (κ1) is 18.2. The topological polar surface area (TPSA) is 104 Å². The number of pyridine rings is 1. The highest BCUT2D eigenvalue weighted by atomic mass is 79.9. The van der Waals surface area contributed by atoms with Crippen LogP contribution in [0.3, 0.4) is 0 Å². The number of aryl methyl sites for hydroxylation is 1. The van der Waals surface area contributed by atoms with Crippen LogP contribution < -0.4 is 15.8 Å². The number of nitrogens with one attached hydrogen (secondary N) is 1. The van der Waals surface area contributed by atoms with Gasteiger partial charge in [-0.2, -0.15) is 0 Å². The molecule has 0 radical (unpaired) electrons. The van der Waals surface area contributed by atoms with Gasteiger partial charge >= 0.3 is 6.09 Å². The molecule has 0 saturated carbocycles. The molecule has 0 aromatic carbocycles. The van der Waals surface area contributed by atoms with Crippen molar-refractivity contribution in [2.75, 3.05) is 29.9 Å². The van der Waals surface area contributed by atoms with E-state index in [0.29, 0.717) is 37.0 Å². The number of halogens is 1. The molecule has 0 aliphatic carbocycles. The fourth-order valence-electron chi connectivity index (χ4n) is 2.90. The fraction of sp³-hybridized carbons (Fsp3) is 0.375. The van der Waals surface area contributed by atoms with Crippen molar-refractivity contribution >= 4 is 39.3 Å². The molecule has 1 unspecified atom stereocenters. The number of carbonyl (C=O) groups is 1. The monoisotopic (exact) mass is 422 g/mol. The summed E-state index contributed by atoms with van der Waals surface area (Å²) in [5, 5.41) is 12.1.